The molecule has 0 spiro atoms. The smallest absolute Gasteiger partial charge is 0.245 e. The van der Waals surface area contributed by atoms with E-state index in [0.717, 1.165) is 31.6 Å². The van der Waals surface area contributed by atoms with E-state index in [2.05, 4.69) is 10.3 Å². The number of sulfonamides is 1. The molecule has 2 aliphatic heterocycles. The van der Waals surface area contributed by atoms with Gasteiger partial charge in [-0.25, -0.2) is 12.8 Å². The van der Waals surface area contributed by atoms with E-state index < -0.39 is 15.8 Å². The van der Waals surface area contributed by atoms with Gasteiger partial charge in [0.1, 0.15) is 10.7 Å². The minimum absolute atomic E-state index is 0.0120. The number of nitrogens with one attached hydrogen (secondary N) is 1. The first kappa shape index (κ1) is 13.0. The summed E-state index contributed by atoms with van der Waals surface area (Å²) >= 11 is 0. The average Bonchev–Trinajstić information content (AvgIpc) is 2.86. The third-order valence-electron chi connectivity index (χ3n) is 3.91. The summed E-state index contributed by atoms with van der Waals surface area (Å²) in [4.78, 5) is 3.58. The Labute approximate surface area is 111 Å². The van der Waals surface area contributed by atoms with Crippen LogP contribution in [0.1, 0.15) is 12.8 Å². The molecule has 2 saturated heterocycles. The predicted molar refractivity (Wildman–Crippen MR) is 67.5 cm³/mol. The van der Waals surface area contributed by atoms with Crippen LogP contribution in [0.5, 0.6) is 0 Å². The molecule has 0 bridgehead atoms. The van der Waals surface area contributed by atoms with E-state index in [1.54, 1.807) is 0 Å². The van der Waals surface area contributed by atoms with Crippen molar-refractivity contribution < 1.29 is 12.8 Å². The van der Waals surface area contributed by atoms with Crippen molar-refractivity contribution in [1.82, 2.24) is 14.6 Å². The van der Waals surface area contributed by atoms with E-state index in [4.69, 9.17) is 0 Å². The van der Waals surface area contributed by atoms with Gasteiger partial charge in [0.2, 0.25) is 10.0 Å². The molecule has 3 heterocycles. The predicted octanol–water partition coefficient (Wildman–Crippen LogP) is 0.593. The molecule has 3 rings (SSSR count). The van der Waals surface area contributed by atoms with E-state index >= 15 is 0 Å². The number of aromatic nitrogens is 1. The Morgan fingerprint density at radius 3 is 3.00 bits per heavy atom. The normalized spacial score (nSPS) is 28.3. The Bertz CT molecular complexity index is 578. The third-order valence-corrected chi connectivity index (χ3v) is 5.80. The second-order valence-electron chi connectivity index (χ2n) is 5.08. The molecule has 7 heteroatoms. The second-order valence-corrected chi connectivity index (χ2v) is 6.97. The number of pyridine rings is 1. The zero-order valence-corrected chi connectivity index (χ0v) is 11.2. The molecule has 2 fully saturated rings. The maximum atomic E-state index is 13.2. The zero-order valence-electron chi connectivity index (χ0n) is 10.4. The standard InChI is InChI=1S/C12H16FN3O2S/c13-10-4-11(7-15-6-10)19(17,18)16-3-1-2-9-5-14-8-12(9)16/h4,6-7,9,12,14H,1-3,5,8H2. The van der Waals surface area contributed by atoms with Crippen molar-refractivity contribution in [3.63, 3.8) is 0 Å². The molecule has 0 aromatic carbocycles. The summed E-state index contributed by atoms with van der Waals surface area (Å²) in [5.41, 5.74) is 0. The van der Waals surface area contributed by atoms with Gasteiger partial charge in [0.15, 0.2) is 0 Å². The Kier molecular flexibility index (Phi) is 3.28. The fourth-order valence-electron chi connectivity index (χ4n) is 2.99. The topological polar surface area (TPSA) is 62.3 Å². The van der Waals surface area contributed by atoms with Gasteiger partial charge in [-0.05, 0) is 31.4 Å². The molecule has 2 atom stereocenters. The number of hydrogen-bond acceptors (Lipinski definition) is 4. The number of piperidine rings is 1. The van der Waals surface area contributed by atoms with Gasteiger partial charge in [0.05, 0.1) is 6.20 Å². The van der Waals surface area contributed by atoms with E-state index in [0.29, 0.717) is 19.0 Å². The quantitative estimate of drug-likeness (QED) is 0.864. The lowest BCUT2D eigenvalue weighted by molar-refractivity contribution is 0.217. The summed E-state index contributed by atoms with van der Waals surface area (Å²) in [7, 11) is -3.65. The van der Waals surface area contributed by atoms with Gasteiger partial charge in [0, 0.05) is 25.3 Å². The van der Waals surface area contributed by atoms with Gasteiger partial charge in [-0.1, -0.05) is 0 Å². The van der Waals surface area contributed by atoms with Crippen LogP contribution in [0.3, 0.4) is 0 Å². The maximum absolute atomic E-state index is 13.2. The van der Waals surface area contributed by atoms with Crippen LogP contribution in [0.25, 0.3) is 0 Å². The summed E-state index contributed by atoms with van der Waals surface area (Å²) in [6.45, 7) is 2.03. The lowest BCUT2D eigenvalue weighted by Crippen LogP contribution is -2.48. The first-order chi connectivity index (χ1) is 9.09. The van der Waals surface area contributed by atoms with E-state index in [9.17, 15) is 12.8 Å². The van der Waals surface area contributed by atoms with Crippen LogP contribution in [0, 0.1) is 11.7 Å². The highest BCUT2D eigenvalue weighted by molar-refractivity contribution is 7.89. The monoisotopic (exact) mass is 285 g/mol. The van der Waals surface area contributed by atoms with Crippen molar-refractivity contribution in [2.24, 2.45) is 5.92 Å². The molecule has 1 aromatic heterocycles. The highest BCUT2D eigenvalue weighted by Gasteiger charge is 2.41. The van der Waals surface area contributed by atoms with Crippen molar-refractivity contribution >= 4 is 10.0 Å². The van der Waals surface area contributed by atoms with Crippen molar-refractivity contribution in [1.29, 1.82) is 0 Å². The lowest BCUT2D eigenvalue weighted by Gasteiger charge is -2.35. The van der Waals surface area contributed by atoms with Crippen LogP contribution < -0.4 is 5.32 Å². The number of rotatable bonds is 2. The molecular weight excluding hydrogens is 269 g/mol. The van der Waals surface area contributed by atoms with Gasteiger partial charge in [-0.3, -0.25) is 4.98 Å². The molecule has 0 aliphatic carbocycles. The third kappa shape index (κ3) is 2.26. The summed E-state index contributed by atoms with van der Waals surface area (Å²) < 4.78 is 39.8. The fourth-order valence-corrected chi connectivity index (χ4v) is 4.69. The van der Waals surface area contributed by atoms with Crippen molar-refractivity contribution in [3.8, 4) is 0 Å². The van der Waals surface area contributed by atoms with Crippen LogP contribution in [0.15, 0.2) is 23.4 Å². The molecule has 0 amide bonds. The summed E-state index contributed by atoms with van der Waals surface area (Å²) in [6, 6.07) is 1.02. The molecule has 104 valence electrons. The zero-order chi connectivity index (χ0) is 13.5. The van der Waals surface area contributed by atoms with Gasteiger partial charge in [-0.2, -0.15) is 4.31 Å². The van der Waals surface area contributed by atoms with Crippen molar-refractivity contribution in [3.05, 3.63) is 24.3 Å². The Balaban J connectivity index is 1.95. The number of fused-ring (bicyclic) bond motifs is 1. The molecule has 19 heavy (non-hydrogen) atoms. The molecule has 1 N–H and O–H groups in total. The highest BCUT2D eigenvalue weighted by atomic mass is 32.2. The maximum Gasteiger partial charge on any atom is 0.245 e. The summed E-state index contributed by atoms with van der Waals surface area (Å²) in [6.07, 6.45) is 4.12. The minimum atomic E-state index is -3.65. The number of halogens is 1. The number of nitrogens with zero attached hydrogens (tertiary/aromatic N) is 2. The van der Waals surface area contributed by atoms with Gasteiger partial charge < -0.3 is 5.32 Å². The van der Waals surface area contributed by atoms with Crippen LogP contribution in [-0.2, 0) is 10.0 Å². The summed E-state index contributed by atoms with van der Waals surface area (Å²) in [5.74, 6) is -0.260. The molecular formula is C12H16FN3O2S. The minimum Gasteiger partial charge on any atom is -0.315 e. The molecule has 2 aliphatic rings. The molecule has 0 saturated carbocycles. The first-order valence-corrected chi connectivity index (χ1v) is 7.86. The van der Waals surface area contributed by atoms with Crippen LogP contribution in [-0.4, -0.2) is 43.4 Å². The molecule has 0 radical (unpaired) electrons. The first-order valence-electron chi connectivity index (χ1n) is 6.42. The Morgan fingerprint density at radius 1 is 1.37 bits per heavy atom. The van der Waals surface area contributed by atoms with Gasteiger partial charge >= 0.3 is 0 Å². The average molecular weight is 285 g/mol. The number of hydrogen-bond donors (Lipinski definition) is 1. The molecule has 5 nitrogen and oxygen atoms in total. The van der Waals surface area contributed by atoms with Crippen molar-refractivity contribution in [2.45, 2.75) is 23.8 Å². The SMILES string of the molecule is O=S(=O)(c1cncc(F)c1)N1CCCC2CNCC21. The van der Waals surface area contributed by atoms with Crippen LogP contribution in [0.4, 0.5) is 4.39 Å². The Hall–Kier alpha value is -1.05. The fraction of sp³-hybridized carbons (Fsp3) is 0.583. The van der Waals surface area contributed by atoms with E-state index in [1.165, 1.54) is 10.5 Å². The van der Waals surface area contributed by atoms with E-state index in [1.807, 2.05) is 0 Å². The van der Waals surface area contributed by atoms with Crippen molar-refractivity contribution in [2.75, 3.05) is 19.6 Å². The van der Waals surface area contributed by atoms with Crippen LogP contribution in [0.2, 0.25) is 0 Å². The lowest BCUT2D eigenvalue weighted by atomic mass is 9.94. The second kappa shape index (κ2) is 4.81. The molecule has 1 aromatic rings. The van der Waals surface area contributed by atoms with E-state index in [-0.39, 0.29) is 10.9 Å². The van der Waals surface area contributed by atoms with Gasteiger partial charge in [-0.15, -0.1) is 0 Å². The molecule has 2 unspecified atom stereocenters. The largest absolute Gasteiger partial charge is 0.315 e. The highest BCUT2D eigenvalue weighted by Crippen LogP contribution is 2.31. The van der Waals surface area contributed by atoms with Gasteiger partial charge in [0.25, 0.3) is 0 Å². The summed E-state index contributed by atoms with van der Waals surface area (Å²) in [5, 5.41) is 3.23. The Morgan fingerprint density at radius 2 is 2.21 bits per heavy atom. The van der Waals surface area contributed by atoms with Crippen LogP contribution >= 0.6 is 0 Å².